The smallest absolute Gasteiger partial charge is 0.449 e. The monoisotopic (exact) mass is 501 g/mol. The van der Waals surface area contributed by atoms with Crippen LogP contribution in [0.25, 0.3) is 0 Å². The van der Waals surface area contributed by atoms with Crippen LogP contribution in [0.5, 0.6) is 5.75 Å². The summed E-state index contributed by atoms with van der Waals surface area (Å²) < 4.78 is 43.0. The van der Waals surface area contributed by atoms with Crippen molar-refractivity contribution in [3.63, 3.8) is 0 Å². The van der Waals surface area contributed by atoms with E-state index in [1.54, 1.807) is 24.3 Å². The first-order chi connectivity index (χ1) is 16.6. The number of hydrogen-bond donors (Lipinski definition) is 0. The highest BCUT2D eigenvalue weighted by Crippen LogP contribution is 2.20. The van der Waals surface area contributed by atoms with Crippen LogP contribution in [0.1, 0.15) is 83.1 Å². The van der Waals surface area contributed by atoms with Crippen LogP contribution in [0.2, 0.25) is 0 Å². The van der Waals surface area contributed by atoms with Gasteiger partial charge in [0.05, 0.1) is 19.6 Å². The summed E-state index contributed by atoms with van der Waals surface area (Å²) in [4.78, 5) is 22.3. The summed E-state index contributed by atoms with van der Waals surface area (Å²) in [5.74, 6) is -2.27. The van der Waals surface area contributed by atoms with E-state index in [0.29, 0.717) is 28.9 Å². The minimum Gasteiger partial charge on any atom is -0.544 e. The van der Waals surface area contributed by atoms with Crippen molar-refractivity contribution in [2.45, 2.75) is 90.1 Å². The summed E-state index contributed by atoms with van der Waals surface area (Å²) in [6, 6.07) is 6.58. The van der Waals surface area contributed by atoms with E-state index < -0.39 is 24.3 Å². The number of rotatable bonds is 20. The Labute approximate surface area is 208 Å². The second-order valence-corrected chi connectivity index (χ2v) is 9.69. The van der Waals surface area contributed by atoms with E-state index in [-0.39, 0.29) is 13.0 Å². The molecule has 1 aromatic carbocycles. The van der Waals surface area contributed by atoms with E-state index in [4.69, 9.17) is 4.74 Å². The Hall–Kier alpha value is -2.09. The summed E-state index contributed by atoms with van der Waals surface area (Å²) >= 11 is 0. The van der Waals surface area contributed by atoms with Gasteiger partial charge in [0.15, 0.2) is 0 Å². The van der Waals surface area contributed by atoms with Gasteiger partial charge < -0.3 is 19.1 Å². The minimum atomic E-state index is -4.80. The molecule has 0 aliphatic carbocycles. The van der Waals surface area contributed by atoms with Gasteiger partial charge in [-0.05, 0) is 37.0 Å². The molecule has 1 rings (SSSR count). The zero-order chi connectivity index (χ0) is 26.2. The van der Waals surface area contributed by atoms with E-state index in [2.05, 4.69) is 6.92 Å². The minimum absolute atomic E-state index is 0.0120. The highest BCUT2D eigenvalue weighted by atomic mass is 19.4. The number of unbranched alkanes of at least 4 members (excludes halogenated alkanes) is 9. The fraction of sp³-hybridized carbons (Fsp3) is 0.704. The number of ether oxygens (including phenoxy) is 1. The molecule has 0 bridgehead atoms. The molecule has 0 saturated carbocycles. The highest BCUT2D eigenvalue weighted by Gasteiger charge is 2.37. The molecule has 1 aromatic rings. The second kappa shape index (κ2) is 16.6. The highest BCUT2D eigenvalue weighted by molar-refractivity contribution is 5.84. The number of benzene rings is 1. The van der Waals surface area contributed by atoms with Gasteiger partial charge in [-0.1, -0.05) is 70.4 Å². The summed E-state index contributed by atoms with van der Waals surface area (Å²) in [7, 11) is 1.90. The van der Waals surface area contributed by atoms with Crippen LogP contribution in [0.15, 0.2) is 24.3 Å². The molecule has 0 saturated heterocycles. The first kappa shape index (κ1) is 30.9. The van der Waals surface area contributed by atoms with Crippen molar-refractivity contribution in [2.24, 2.45) is 0 Å². The van der Waals surface area contributed by atoms with Gasteiger partial charge in [-0.3, -0.25) is 4.79 Å². The molecule has 0 amide bonds. The Kier molecular flexibility index (Phi) is 14.6. The molecular formula is C27H42F3NO4. The SMILES string of the molecule is CCCCCCCCCCCC[N+](C)(CCOc1ccc(CCC(=O)C(F)(F)F)cc1)CC(=O)[O-]. The van der Waals surface area contributed by atoms with Gasteiger partial charge in [0.2, 0.25) is 5.78 Å². The maximum atomic E-state index is 12.3. The fourth-order valence-corrected chi connectivity index (χ4v) is 4.10. The molecule has 1 atom stereocenters. The number of quaternary nitrogens is 1. The molecule has 5 nitrogen and oxygen atoms in total. The molecule has 200 valence electrons. The number of carboxylic acids is 1. The Morgan fingerprint density at radius 2 is 1.43 bits per heavy atom. The summed E-state index contributed by atoms with van der Waals surface area (Å²) in [6.07, 6.45) is 6.82. The molecule has 0 spiro atoms. The number of hydrogen-bond acceptors (Lipinski definition) is 4. The number of carbonyl (C=O) groups excluding carboxylic acids is 2. The van der Waals surface area contributed by atoms with Gasteiger partial charge in [0, 0.05) is 6.42 Å². The van der Waals surface area contributed by atoms with Crippen LogP contribution in [0, 0.1) is 0 Å². The molecule has 8 heteroatoms. The zero-order valence-electron chi connectivity index (χ0n) is 21.3. The Morgan fingerprint density at radius 3 is 1.94 bits per heavy atom. The predicted molar refractivity (Wildman–Crippen MR) is 129 cm³/mol. The molecule has 0 aromatic heterocycles. The van der Waals surface area contributed by atoms with Crippen LogP contribution in [-0.4, -0.2) is 55.7 Å². The summed E-state index contributed by atoms with van der Waals surface area (Å²) in [5, 5.41) is 11.3. The van der Waals surface area contributed by atoms with Crippen molar-refractivity contribution in [1.82, 2.24) is 0 Å². The maximum Gasteiger partial charge on any atom is 0.449 e. The lowest BCUT2D eigenvalue weighted by molar-refractivity contribution is -0.904. The van der Waals surface area contributed by atoms with Crippen molar-refractivity contribution >= 4 is 11.8 Å². The lowest BCUT2D eigenvalue weighted by Gasteiger charge is -2.35. The number of aryl methyl sites for hydroxylation is 1. The Balaban J connectivity index is 2.35. The maximum absolute atomic E-state index is 12.3. The van der Waals surface area contributed by atoms with E-state index in [9.17, 15) is 27.9 Å². The van der Waals surface area contributed by atoms with Gasteiger partial charge in [0.25, 0.3) is 0 Å². The third-order valence-electron chi connectivity index (χ3n) is 6.34. The van der Waals surface area contributed by atoms with E-state index >= 15 is 0 Å². The lowest BCUT2D eigenvalue weighted by atomic mass is 10.1. The average molecular weight is 502 g/mol. The average Bonchev–Trinajstić information content (AvgIpc) is 2.78. The molecule has 0 N–H and O–H groups in total. The van der Waals surface area contributed by atoms with Crippen molar-refractivity contribution < 1.29 is 37.1 Å². The summed E-state index contributed by atoms with van der Waals surface area (Å²) in [6.45, 7) is 3.70. The van der Waals surface area contributed by atoms with Crippen molar-refractivity contribution in [1.29, 1.82) is 0 Å². The van der Waals surface area contributed by atoms with Crippen molar-refractivity contribution in [3.8, 4) is 5.75 Å². The van der Waals surface area contributed by atoms with Crippen LogP contribution < -0.4 is 9.84 Å². The van der Waals surface area contributed by atoms with E-state index in [1.807, 2.05) is 7.05 Å². The van der Waals surface area contributed by atoms with Gasteiger partial charge >= 0.3 is 6.18 Å². The Morgan fingerprint density at radius 1 is 0.886 bits per heavy atom. The molecule has 0 fully saturated rings. The standard InChI is InChI=1S/C27H42F3NO4/c1-3-4-5-6-7-8-9-10-11-12-19-31(2,22-26(33)34)20-21-35-24-16-13-23(14-17-24)15-18-25(32)27(28,29)30/h13-14,16-17H,3-12,15,18-22H2,1-2H3. The molecular weight excluding hydrogens is 459 g/mol. The molecule has 0 radical (unpaired) electrons. The normalized spacial score (nSPS) is 13.4. The number of alkyl halides is 3. The Bertz CT molecular complexity index is 737. The molecule has 35 heavy (non-hydrogen) atoms. The van der Waals surface area contributed by atoms with E-state index in [0.717, 1.165) is 25.8 Å². The number of nitrogens with zero attached hydrogens (tertiary/aromatic N) is 1. The van der Waals surface area contributed by atoms with Crippen LogP contribution in [0.4, 0.5) is 13.2 Å². The number of carbonyl (C=O) groups is 2. The van der Waals surface area contributed by atoms with Crippen molar-refractivity contribution in [2.75, 3.05) is 33.3 Å². The number of halogens is 3. The second-order valence-electron chi connectivity index (χ2n) is 9.69. The largest absolute Gasteiger partial charge is 0.544 e. The van der Waals surface area contributed by atoms with E-state index in [1.165, 1.54) is 44.9 Å². The zero-order valence-corrected chi connectivity index (χ0v) is 21.3. The number of likely N-dealkylation sites (N-methyl/N-ethyl adjacent to an activating group) is 1. The third-order valence-corrected chi connectivity index (χ3v) is 6.34. The topological polar surface area (TPSA) is 66.4 Å². The number of aliphatic carboxylic acids is 1. The quantitative estimate of drug-likeness (QED) is 0.181. The first-order valence-electron chi connectivity index (χ1n) is 12.9. The number of Topliss-reactive ketones (excluding diaryl/α,β-unsaturated/α-hetero) is 1. The number of carboxylic acid groups (broad SMARTS) is 1. The van der Waals surface area contributed by atoms with Crippen molar-refractivity contribution in [3.05, 3.63) is 29.8 Å². The fourth-order valence-electron chi connectivity index (χ4n) is 4.10. The molecule has 0 aliphatic heterocycles. The van der Waals surface area contributed by atoms with Crippen LogP contribution in [0.3, 0.4) is 0 Å². The third kappa shape index (κ3) is 14.8. The molecule has 0 aliphatic rings. The van der Waals surface area contributed by atoms with Crippen LogP contribution in [-0.2, 0) is 16.0 Å². The molecule has 0 heterocycles. The van der Waals surface area contributed by atoms with Gasteiger partial charge in [-0.2, -0.15) is 13.2 Å². The summed E-state index contributed by atoms with van der Waals surface area (Å²) in [5.41, 5.74) is 0.619. The van der Waals surface area contributed by atoms with Crippen LogP contribution >= 0.6 is 0 Å². The lowest BCUT2D eigenvalue weighted by Crippen LogP contribution is -2.53. The number of ketones is 1. The predicted octanol–water partition coefficient (Wildman–Crippen LogP) is 5.25. The molecule has 1 unspecified atom stereocenters. The van der Waals surface area contributed by atoms with Gasteiger partial charge in [-0.25, -0.2) is 0 Å². The van der Waals surface area contributed by atoms with Gasteiger partial charge in [0.1, 0.15) is 25.4 Å². The van der Waals surface area contributed by atoms with Gasteiger partial charge in [-0.15, -0.1) is 0 Å². The first-order valence-corrected chi connectivity index (χ1v) is 12.9.